The summed E-state index contributed by atoms with van der Waals surface area (Å²) in [5.41, 5.74) is 0.372. The number of hydrogen-bond donors (Lipinski definition) is 2. The van der Waals surface area contributed by atoms with E-state index in [0.29, 0.717) is 13.2 Å². The second-order valence-electron chi connectivity index (χ2n) is 7.63. The molecular formula is C21H27N3O7S2. The average Bonchev–Trinajstić information content (AvgIpc) is 2.79. The Bertz CT molecular complexity index is 1200. The van der Waals surface area contributed by atoms with Crippen LogP contribution in [0.15, 0.2) is 52.3 Å². The monoisotopic (exact) mass is 497 g/mol. The molecule has 0 spiro atoms. The largest absolute Gasteiger partial charge is 0.495 e. The molecule has 0 atom stereocenters. The molecule has 1 aliphatic heterocycles. The molecule has 1 heterocycles. The fourth-order valence-corrected chi connectivity index (χ4v) is 5.93. The number of methoxy groups -OCH3 is 1. The zero-order valence-electron chi connectivity index (χ0n) is 18.6. The summed E-state index contributed by atoms with van der Waals surface area (Å²) in [7, 11) is -6.05. The van der Waals surface area contributed by atoms with Gasteiger partial charge in [0.1, 0.15) is 5.75 Å². The van der Waals surface area contributed by atoms with Crippen LogP contribution >= 0.6 is 0 Å². The summed E-state index contributed by atoms with van der Waals surface area (Å²) < 4.78 is 64.7. The number of carbonyl (C=O) groups is 1. The summed E-state index contributed by atoms with van der Waals surface area (Å²) in [6, 6.07) is 9.37. The van der Waals surface area contributed by atoms with Crippen LogP contribution in [0.5, 0.6) is 5.75 Å². The fraction of sp³-hybridized carbons (Fsp3) is 0.381. The van der Waals surface area contributed by atoms with Crippen LogP contribution in [0.25, 0.3) is 0 Å². The SMILES string of the molecule is COc1ccc(S(=O)(=O)N2CCOCC2)cc1NC(=O)c1ccc(S(=O)(=O)NC(C)C)cc1. The summed E-state index contributed by atoms with van der Waals surface area (Å²) in [6.45, 7) is 4.54. The number of rotatable bonds is 8. The van der Waals surface area contributed by atoms with Crippen LogP contribution in [-0.4, -0.2) is 66.5 Å². The number of nitrogens with one attached hydrogen (secondary N) is 2. The second-order valence-corrected chi connectivity index (χ2v) is 11.3. The highest BCUT2D eigenvalue weighted by molar-refractivity contribution is 7.89. The zero-order valence-corrected chi connectivity index (χ0v) is 20.2. The minimum absolute atomic E-state index is 0.0155. The highest BCUT2D eigenvalue weighted by atomic mass is 32.2. The van der Waals surface area contributed by atoms with Crippen molar-refractivity contribution in [2.45, 2.75) is 29.7 Å². The van der Waals surface area contributed by atoms with E-state index in [1.54, 1.807) is 13.8 Å². The first-order valence-corrected chi connectivity index (χ1v) is 13.2. The fourth-order valence-electron chi connectivity index (χ4n) is 3.24. The van der Waals surface area contributed by atoms with Gasteiger partial charge in [0.2, 0.25) is 20.0 Å². The van der Waals surface area contributed by atoms with Gasteiger partial charge in [0, 0.05) is 24.7 Å². The Hall–Kier alpha value is -2.51. The standard InChI is InChI=1S/C21H27N3O7S2/c1-15(2)23-32(26,27)17-6-4-16(5-7-17)21(25)22-19-14-18(8-9-20(19)30-3)33(28,29)24-10-12-31-13-11-24/h4-9,14-15,23H,10-13H2,1-3H3,(H,22,25). The lowest BCUT2D eigenvalue weighted by molar-refractivity contribution is 0.0730. The Morgan fingerprint density at radius 2 is 1.61 bits per heavy atom. The molecule has 12 heteroatoms. The number of ether oxygens (including phenoxy) is 2. The molecular weight excluding hydrogens is 470 g/mol. The van der Waals surface area contributed by atoms with Gasteiger partial charge in [-0.15, -0.1) is 0 Å². The number of hydrogen-bond acceptors (Lipinski definition) is 7. The van der Waals surface area contributed by atoms with Crippen LogP contribution in [0.3, 0.4) is 0 Å². The first kappa shape index (κ1) is 25.1. The summed E-state index contributed by atoms with van der Waals surface area (Å²) in [5.74, 6) is -0.264. The lowest BCUT2D eigenvalue weighted by Gasteiger charge is -2.26. The molecule has 1 amide bonds. The van der Waals surface area contributed by atoms with Crippen molar-refractivity contribution in [1.82, 2.24) is 9.03 Å². The maximum absolute atomic E-state index is 13.0. The van der Waals surface area contributed by atoms with Crippen LogP contribution in [-0.2, 0) is 24.8 Å². The lowest BCUT2D eigenvalue weighted by atomic mass is 10.2. The van der Waals surface area contributed by atoms with E-state index >= 15 is 0 Å². The average molecular weight is 498 g/mol. The molecule has 2 aromatic rings. The Morgan fingerprint density at radius 3 is 2.18 bits per heavy atom. The first-order valence-electron chi connectivity index (χ1n) is 10.2. The van der Waals surface area contributed by atoms with E-state index in [-0.39, 0.29) is 45.9 Å². The molecule has 0 radical (unpaired) electrons. The van der Waals surface area contributed by atoms with Gasteiger partial charge in [-0.2, -0.15) is 4.31 Å². The number of morpholine rings is 1. The number of nitrogens with zero attached hydrogens (tertiary/aromatic N) is 1. The van der Waals surface area contributed by atoms with E-state index in [1.807, 2.05) is 0 Å². The molecule has 10 nitrogen and oxygen atoms in total. The van der Waals surface area contributed by atoms with Crippen molar-refractivity contribution in [2.75, 3.05) is 38.7 Å². The number of carbonyl (C=O) groups excluding carboxylic acids is 1. The molecule has 0 bridgehead atoms. The third-order valence-electron chi connectivity index (χ3n) is 4.84. The highest BCUT2D eigenvalue weighted by Crippen LogP contribution is 2.29. The lowest BCUT2D eigenvalue weighted by Crippen LogP contribution is -2.40. The van der Waals surface area contributed by atoms with Gasteiger partial charge in [0.15, 0.2) is 0 Å². The van der Waals surface area contributed by atoms with Crippen LogP contribution in [0.1, 0.15) is 24.2 Å². The van der Waals surface area contributed by atoms with Gasteiger partial charge in [-0.1, -0.05) is 0 Å². The topological polar surface area (TPSA) is 131 Å². The molecule has 1 fully saturated rings. The third kappa shape index (κ3) is 5.89. The predicted octanol–water partition coefficient (Wildman–Crippen LogP) is 1.66. The molecule has 0 saturated carbocycles. The van der Waals surface area contributed by atoms with Crippen molar-refractivity contribution in [3.8, 4) is 5.75 Å². The molecule has 33 heavy (non-hydrogen) atoms. The Kier molecular flexibility index (Phi) is 7.75. The Labute approximate surface area is 194 Å². The molecule has 2 aromatic carbocycles. The molecule has 1 aliphatic rings. The molecule has 2 N–H and O–H groups in total. The Morgan fingerprint density at radius 1 is 1.00 bits per heavy atom. The van der Waals surface area contributed by atoms with Gasteiger partial charge in [-0.25, -0.2) is 21.6 Å². The maximum atomic E-state index is 13.0. The van der Waals surface area contributed by atoms with Crippen molar-refractivity contribution < 1.29 is 31.1 Å². The zero-order chi connectivity index (χ0) is 24.2. The van der Waals surface area contributed by atoms with E-state index in [0.717, 1.165) is 0 Å². The van der Waals surface area contributed by atoms with Crippen LogP contribution in [0.2, 0.25) is 0 Å². The van der Waals surface area contributed by atoms with E-state index in [4.69, 9.17) is 9.47 Å². The smallest absolute Gasteiger partial charge is 0.255 e. The predicted molar refractivity (Wildman–Crippen MR) is 122 cm³/mol. The van der Waals surface area contributed by atoms with Crippen molar-refractivity contribution in [3.63, 3.8) is 0 Å². The van der Waals surface area contributed by atoms with Crippen LogP contribution in [0.4, 0.5) is 5.69 Å². The summed E-state index contributed by atoms with van der Waals surface area (Å²) in [4.78, 5) is 12.8. The van der Waals surface area contributed by atoms with Crippen LogP contribution in [0, 0.1) is 0 Å². The van der Waals surface area contributed by atoms with Crippen molar-refractivity contribution in [1.29, 1.82) is 0 Å². The van der Waals surface area contributed by atoms with E-state index < -0.39 is 26.0 Å². The van der Waals surface area contributed by atoms with Gasteiger partial charge in [-0.3, -0.25) is 4.79 Å². The molecule has 0 aromatic heterocycles. The maximum Gasteiger partial charge on any atom is 0.255 e. The highest BCUT2D eigenvalue weighted by Gasteiger charge is 2.27. The molecule has 3 rings (SSSR count). The number of sulfonamides is 2. The minimum Gasteiger partial charge on any atom is -0.495 e. The van der Waals surface area contributed by atoms with Crippen molar-refractivity contribution in [2.24, 2.45) is 0 Å². The van der Waals surface area contributed by atoms with Crippen molar-refractivity contribution in [3.05, 3.63) is 48.0 Å². The van der Waals surface area contributed by atoms with Crippen LogP contribution < -0.4 is 14.8 Å². The Balaban J connectivity index is 1.83. The summed E-state index contributed by atoms with van der Waals surface area (Å²) in [5, 5.41) is 2.65. The van der Waals surface area contributed by atoms with Gasteiger partial charge >= 0.3 is 0 Å². The summed E-state index contributed by atoms with van der Waals surface area (Å²) >= 11 is 0. The molecule has 0 unspecified atom stereocenters. The number of anilines is 1. The molecule has 180 valence electrons. The van der Waals surface area contributed by atoms with E-state index in [9.17, 15) is 21.6 Å². The second kappa shape index (κ2) is 10.2. The minimum atomic E-state index is -3.77. The van der Waals surface area contributed by atoms with Gasteiger partial charge in [0.25, 0.3) is 5.91 Å². The third-order valence-corrected chi connectivity index (χ3v) is 8.41. The number of amides is 1. The molecule has 1 saturated heterocycles. The van der Waals surface area contributed by atoms with E-state index in [1.165, 1.54) is 53.9 Å². The van der Waals surface area contributed by atoms with Crippen molar-refractivity contribution >= 4 is 31.6 Å². The number of benzene rings is 2. The first-order chi connectivity index (χ1) is 15.5. The van der Waals surface area contributed by atoms with E-state index in [2.05, 4.69) is 10.0 Å². The van der Waals surface area contributed by atoms with Gasteiger partial charge in [-0.05, 0) is 56.3 Å². The quantitative estimate of drug-likeness (QED) is 0.567. The van der Waals surface area contributed by atoms with Gasteiger partial charge < -0.3 is 14.8 Å². The normalized spacial score (nSPS) is 15.4. The molecule has 0 aliphatic carbocycles. The van der Waals surface area contributed by atoms with Gasteiger partial charge in [0.05, 0.1) is 35.8 Å². The summed E-state index contributed by atoms with van der Waals surface area (Å²) in [6.07, 6.45) is 0.